The lowest BCUT2D eigenvalue weighted by atomic mass is 9.91. The van der Waals surface area contributed by atoms with E-state index in [0.29, 0.717) is 24.5 Å². The Balaban J connectivity index is 1.64. The molecule has 0 bridgehead atoms. The number of amides is 1. The first-order valence-electron chi connectivity index (χ1n) is 12.5. The van der Waals surface area contributed by atoms with Crippen molar-refractivity contribution in [3.8, 4) is 11.5 Å². The summed E-state index contributed by atoms with van der Waals surface area (Å²) in [4.78, 5) is 30.6. The maximum absolute atomic E-state index is 13.4. The molecule has 0 radical (unpaired) electrons. The second-order valence-electron chi connectivity index (χ2n) is 9.46. The standard InChI is InChI=1S/C28H32N2O5/c1-3-34-21-11-7-8-18(16-21)25-24(27(32)28(33)30(25)20-9-5-4-6-10-20)26(31)19-12-13-23-22(17-19)29(2)14-15-35-23/h7-8,11-13,16-17,20,25,31H,3-6,9-10,14-15H2,1-2H3/b26-24-. The molecule has 5 rings (SSSR count). The molecule has 7 nitrogen and oxygen atoms in total. The first-order chi connectivity index (χ1) is 17.0. The highest BCUT2D eigenvalue weighted by Crippen LogP contribution is 2.44. The number of aliphatic hydroxyl groups is 1. The van der Waals surface area contributed by atoms with Crippen LogP contribution in [0, 0.1) is 0 Å². The Morgan fingerprint density at radius 3 is 2.69 bits per heavy atom. The van der Waals surface area contributed by atoms with Gasteiger partial charge in [-0.3, -0.25) is 9.59 Å². The Bertz CT molecular complexity index is 1170. The zero-order valence-electron chi connectivity index (χ0n) is 20.3. The molecule has 2 aromatic rings. The summed E-state index contributed by atoms with van der Waals surface area (Å²) in [6, 6.07) is 12.2. The Morgan fingerprint density at radius 2 is 1.91 bits per heavy atom. The fourth-order valence-corrected chi connectivity index (χ4v) is 5.51. The summed E-state index contributed by atoms with van der Waals surface area (Å²) in [5, 5.41) is 11.5. The summed E-state index contributed by atoms with van der Waals surface area (Å²) in [7, 11) is 1.96. The van der Waals surface area contributed by atoms with Crippen LogP contribution < -0.4 is 14.4 Å². The normalized spacial score (nSPS) is 22.2. The number of ketones is 1. The minimum absolute atomic E-state index is 0.0330. The van der Waals surface area contributed by atoms with Crippen LogP contribution in [0.1, 0.15) is 56.2 Å². The average molecular weight is 477 g/mol. The quantitative estimate of drug-likeness (QED) is 0.384. The molecular formula is C28H32N2O5. The summed E-state index contributed by atoms with van der Waals surface area (Å²) >= 11 is 0. The number of aliphatic hydroxyl groups excluding tert-OH is 1. The van der Waals surface area contributed by atoms with E-state index in [0.717, 1.165) is 55.6 Å². The number of likely N-dealkylation sites (tertiary alicyclic amines) is 1. The molecule has 1 amide bonds. The van der Waals surface area contributed by atoms with Crippen molar-refractivity contribution in [3.63, 3.8) is 0 Å². The minimum Gasteiger partial charge on any atom is -0.507 e. The van der Waals surface area contributed by atoms with Crippen molar-refractivity contribution in [2.75, 3.05) is 31.7 Å². The zero-order valence-corrected chi connectivity index (χ0v) is 20.3. The predicted molar refractivity (Wildman–Crippen MR) is 134 cm³/mol. The van der Waals surface area contributed by atoms with E-state index in [-0.39, 0.29) is 17.4 Å². The molecule has 1 atom stereocenters. The highest BCUT2D eigenvalue weighted by molar-refractivity contribution is 6.46. The van der Waals surface area contributed by atoms with E-state index in [1.807, 2.05) is 50.4 Å². The van der Waals surface area contributed by atoms with E-state index in [1.165, 1.54) is 0 Å². The Morgan fingerprint density at radius 1 is 1.11 bits per heavy atom. The molecule has 1 saturated carbocycles. The lowest BCUT2D eigenvalue weighted by Gasteiger charge is -2.35. The van der Waals surface area contributed by atoms with E-state index < -0.39 is 17.7 Å². The van der Waals surface area contributed by atoms with Crippen LogP contribution in [0.4, 0.5) is 5.69 Å². The van der Waals surface area contributed by atoms with E-state index >= 15 is 0 Å². The molecule has 1 N–H and O–H groups in total. The molecule has 1 unspecified atom stereocenters. The molecule has 2 heterocycles. The number of benzene rings is 2. The maximum atomic E-state index is 13.4. The molecule has 2 aromatic carbocycles. The second-order valence-corrected chi connectivity index (χ2v) is 9.46. The van der Waals surface area contributed by atoms with Crippen LogP contribution in [0.25, 0.3) is 5.76 Å². The van der Waals surface area contributed by atoms with Crippen LogP contribution in [-0.4, -0.2) is 54.5 Å². The molecule has 184 valence electrons. The number of hydrogen-bond donors (Lipinski definition) is 1. The van der Waals surface area contributed by atoms with Crippen LogP contribution in [0.15, 0.2) is 48.0 Å². The Kier molecular flexibility index (Phi) is 6.41. The van der Waals surface area contributed by atoms with Crippen molar-refractivity contribution in [1.82, 2.24) is 4.90 Å². The maximum Gasteiger partial charge on any atom is 0.295 e. The van der Waals surface area contributed by atoms with Crippen LogP contribution >= 0.6 is 0 Å². The van der Waals surface area contributed by atoms with Crippen molar-refractivity contribution >= 4 is 23.1 Å². The zero-order chi connectivity index (χ0) is 24.5. The van der Waals surface area contributed by atoms with Crippen LogP contribution in [-0.2, 0) is 9.59 Å². The van der Waals surface area contributed by atoms with Gasteiger partial charge < -0.3 is 24.4 Å². The average Bonchev–Trinajstić information content (AvgIpc) is 3.15. The molecule has 0 aromatic heterocycles. The summed E-state index contributed by atoms with van der Waals surface area (Å²) in [6.07, 6.45) is 4.90. The van der Waals surface area contributed by atoms with Crippen molar-refractivity contribution in [2.45, 2.75) is 51.1 Å². The van der Waals surface area contributed by atoms with Gasteiger partial charge in [-0.05, 0) is 55.7 Å². The van der Waals surface area contributed by atoms with Crippen molar-refractivity contribution in [1.29, 1.82) is 0 Å². The SMILES string of the molecule is CCOc1cccc(C2/C(=C(/O)c3ccc4c(c3)N(C)CCO4)C(=O)C(=O)N2C2CCCCC2)c1. The molecule has 3 aliphatic rings. The van der Waals surface area contributed by atoms with Gasteiger partial charge in [0.05, 0.1) is 30.5 Å². The minimum atomic E-state index is -0.663. The number of likely N-dealkylation sites (N-methyl/N-ethyl adjacent to an activating group) is 1. The summed E-state index contributed by atoms with van der Waals surface area (Å²) in [5.41, 5.74) is 2.24. The van der Waals surface area contributed by atoms with Gasteiger partial charge in [0.2, 0.25) is 0 Å². The van der Waals surface area contributed by atoms with E-state index in [1.54, 1.807) is 11.0 Å². The van der Waals surface area contributed by atoms with Gasteiger partial charge in [0.1, 0.15) is 23.9 Å². The van der Waals surface area contributed by atoms with Crippen molar-refractivity contribution < 1.29 is 24.2 Å². The van der Waals surface area contributed by atoms with E-state index in [4.69, 9.17) is 9.47 Å². The van der Waals surface area contributed by atoms with E-state index in [9.17, 15) is 14.7 Å². The van der Waals surface area contributed by atoms with Crippen molar-refractivity contribution in [2.24, 2.45) is 0 Å². The summed E-state index contributed by atoms with van der Waals surface area (Å²) < 4.78 is 11.4. The first kappa shape index (κ1) is 23.3. The molecule has 1 aliphatic carbocycles. The number of nitrogens with zero attached hydrogens (tertiary/aromatic N) is 2. The van der Waals surface area contributed by atoms with Crippen molar-refractivity contribution in [3.05, 3.63) is 59.2 Å². The first-order valence-corrected chi connectivity index (χ1v) is 12.5. The number of fused-ring (bicyclic) bond motifs is 1. The number of Topliss-reactive ketones (excluding diaryl/α,β-unsaturated/α-hetero) is 1. The van der Waals surface area contributed by atoms with Crippen LogP contribution in [0.5, 0.6) is 11.5 Å². The number of ether oxygens (including phenoxy) is 2. The molecule has 2 fully saturated rings. The summed E-state index contributed by atoms with van der Waals surface area (Å²) in [5.74, 6) is 0.0758. The van der Waals surface area contributed by atoms with Crippen LogP contribution in [0.2, 0.25) is 0 Å². The highest BCUT2D eigenvalue weighted by atomic mass is 16.5. The third-order valence-corrected chi connectivity index (χ3v) is 7.26. The third-order valence-electron chi connectivity index (χ3n) is 7.26. The topological polar surface area (TPSA) is 79.3 Å². The Hall–Kier alpha value is -3.48. The summed E-state index contributed by atoms with van der Waals surface area (Å²) in [6.45, 7) is 3.75. The van der Waals surface area contributed by atoms with Crippen LogP contribution in [0.3, 0.4) is 0 Å². The molecule has 0 spiro atoms. The second kappa shape index (κ2) is 9.64. The van der Waals surface area contributed by atoms with Gasteiger partial charge in [-0.15, -0.1) is 0 Å². The monoisotopic (exact) mass is 476 g/mol. The largest absolute Gasteiger partial charge is 0.507 e. The number of carbonyl (C=O) groups excluding carboxylic acids is 2. The van der Waals surface area contributed by atoms with Gasteiger partial charge in [0, 0.05) is 18.7 Å². The Labute approximate surface area is 205 Å². The van der Waals surface area contributed by atoms with E-state index in [2.05, 4.69) is 4.90 Å². The van der Waals surface area contributed by atoms with Gasteiger partial charge in [-0.1, -0.05) is 31.4 Å². The number of rotatable bonds is 5. The molecule has 7 heteroatoms. The lowest BCUT2D eigenvalue weighted by molar-refractivity contribution is -0.141. The van der Waals surface area contributed by atoms with Gasteiger partial charge in [-0.2, -0.15) is 0 Å². The molecule has 35 heavy (non-hydrogen) atoms. The molecule has 1 saturated heterocycles. The predicted octanol–water partition coefficient (Wildman–Crippen LogP) is 4.67. The number of carbonyl (C=O) groups is 2. The van der Waals surface area contributed by atoms with Gasteiger partial charge in [0.25, 0.3) is 11.7 Å². The van der Waals surface area contributed by atoms with Gasteiger partial charge in [-0.25, -0.2) is 0 Å². The lowest BCUT2D eigenvalue weighted by Crippen LogP contribution is -2.40. The highest BCUT2D eigenvalue weighted by Gasteiger charge is 2.49. The number of hydrogen-bond acceptors (Lipinski definition) is 6. The fourth-order valence-electron chi connectivity index (χ4n) is 5.51. The molecular weight excluding hydrogens is 444 g/mol. The number of anilines is 1. The smallest absolute Gasteiger partial charge is 0.295 e. The van der Waals surface area contributed by atoms with Gasteiger partial charge >= 0.3 is 0 Å². The third kappa shape index (κ3) is 4.24. The molecule has 2 aliphatic heterocycles. The van der Waals surface area contributed by atoms with Gasteiger partial charge in [0.15, 0.2) is 0 Å². The fraction of sp³-hybridized carbons (Fsp3) is 0.429.